The van der Waals surface area contributed by atoms with Crippen molar-refractivity contribution in [3.8, 4) is 6.07 Å². The Morgan fingerprint density at radius 3 is 1.05 bits per heavy atom. The van der Waals surface area contributed by atoms with Gasteiger partial charge in [0.15, 0.2) is 0 Å². The molecule has 7 nitrogen and oxygen atoms in total. The van der Waals surface area contributed by atoms with Crippen molar-refractivity contribution >= 4 is 0 Å². The molecule has 38 heavy (non-hydrogen) atoms. The fourth-order valence-corrected chi connectivity index (χ4v) is 8.25. The van der Waals surface area contributed by atoms with Crippen molar-refractivity contribution in [2.24, 2.45) is 17.8 Å². The van der Waals surface area contributed by atoms with Gasteiger partial charge in [0, 0.05) is 6.92 Å². The second-order valence-electron chi connectivity index (χ2n) is 12.7. The third-order valence-corrected chi connectivity index (χ3v) is 10.2. The summed E-state index contributed by atoms with van der Waals surface area (Å²) in [4.78, 5) is 0. The minimum absolute atomic E-state index is 0. The summed E-state index contributed by atoms with van der Waals surface area (Å²) in [7, 11) is 0. The van der Waals surface area contributed by atoms with Gasteiger partial charge in [-0.2, -0.15) is 5.26 Å². The van der Waals surface area contributed by atoms with Gasteiger partial charge in [0.1, 0.15) is 0 Å². The largest absolute Gasteiger partial charge is 1.00 e. The summed E-state index contributed by atoms with van der Waals surface area (Å²) in [6.07, 6.45) is 25.0. The molecule has 3 saturated heterocycles. The van der Waals surface area contributed by atoms with E-state index in [9.17, 15) is 0 Å². The number of hydrogen-bond acceptors (Lipinski definition) is 4. The van der Waals surface area contributed by atoms with Crippen LogP contribution < -0.4 is 0 Å². The molecule has 220 valence electrons. The van der Waals surface area contributed by atoms with Crippen LogP contribution in [-0.4, -0.2) is 59.1 Å². The average Bonchev–Trinajstić information content (AvgIpc) is 3.73. The second kappa shape index (κ2) is 15.8. The van der Waals surface area contributed by atoms with E-state index in [-0.39, 0.29) is 28.7 Å². The van der Waals surface area contributed by atoms with Crippen LogP contribution in [0.2, 0.25) is 0 Å². The first-order valence-corrected chi connectivity index (χ1v) is 16.0. The molecule has 0 aromatic carbocycles. The summed E-state index contributed by atoms with van der Waals surface area (Å²) >= 11 is 0. The summed E-state index contributed by atoms with van der Waals surface area (Å²) in [5.74, 6) is 2.45. The van der Waals surface area contributed by atoms with Crippen molar-refractivity contribution in [2.45, 2.75) is 147 Å². The zero-order valence-corrected chi connectivity index (χ0v) is 25.3. The third kappa shape index (κ3) is 7.84. The van der Waals surface area contributed by atoms with Gasteiger partial charge in [-0.15, -0.1) is 18.1 Å². The fourth-order valence-electron chi connectivity index (χ4n) is 8.25. The molecule has 8 heteroatoms. The van der Waals surface area contributed by atoms with Gasteiger partial charge >= 0.3 is 22.4 Å². The Balaban J connectivity index is 0.000000804. The van der Waals surface area contributed by atoms with E-state index >= 15 is 0 Å². The first kappa shape index (κ1) is 30.9. The van der Waals surface area contributed by atoms with Crippen LogP contribution in [0, 0.1) is 29.1 Å². The molecule has 0 aromatic rings. The van der Waals surface area contributed by atoms with E-state index in [0.29, 0.717) is 18.1 Å². The first-order valence-electron chi connectivity index (χ1n) is 16.0. The minimum Gasteiger partial charge on any atom is -0.589 e. The van der Waals surface area contributed by atoms with Crippen LogP contribution in [0.5, 0.6) is 0 Å². The molecule has 0 amide bonds. The van der Waals surface area contributed by atoms with Gasteiger partial charge < -0.3 is 31.3 Å². The number of hydrogen-bond donors (Lipinski definition) is 0. The molecule has 3 heterocycles. The van der Waals surface area contributed by atoms with Crippen molar-refractivity contribution in [3.05, 3.63) is 16.3 Å². The van der Waals surface area contributed by atoms with Crippen molar-refractivity contribution < 1.29 is 22.4 Å². The summed E-state index contributed by atoms with van der Waals surface area (Å²) in [6.45, 7) is 4.70. The summed E-state index contributed by atoms with van der Waals surface area (Å²) in [6, 6.07) is 3.36. The van der Waals surface area contributed by atoms with E-state index in [2.05, 4.69) is 15.0 Å². The molecule has 6 aliphatic rings. The summed E-state index contributed by atoms with van der Waals surface area (Å²) in [5.41, 5.74) is 16.2. The Kier molecular flexibility index (Phi) is 12.9. The fraction of sp³-hybridized carbons (Fsp3) is 0.967. The molecular formula is C30H52AgN7-2. The molecule has 0 radical (unpaired) electrons. The van der Waals surface area contributed by atoms with Gasteiger partial charge in [0.2, 0.25) is 0 Å². The van der Waals surface area contributed by atoms with Crippen molar-refractivity contribution in [1.82, 2.24) is 15.0 Å². The maximum atomic E-state index is 7.32. The van der Waals surface area contributed by atoms with Crippen LogP contribution in [0.3, 0.4) is 0 Å². The predicted molar refractivity (Wildman–Crippen MR) is 150 cm³/mol. The molecule has 0 spiro atoms. The van der Waals surface area contributed by atoms with E-state index < -0.39 is 0 Å². The van der Waals surface area contributed by atoms with E-state index in [1.807, 2.05) is 0 Å². The standard InChI is InChI=1S/C28H49N6.C2H3N.Ag/c1-4-10-22(11-5-1)25-16-19-32(29-25)28(33-20-17-26(30-33)23-12-6-2-7-13-23)34-21-18-27(31-34)24-14-8-3-9-15-24;1-2-3;/h22-28H,1-21H2;1H3;/q-3;;+1. The van der Waals surface area contributed by atoms with Crippen LogP contribution in [0.15, 0.2) is 0 Å². The molecule has 0 N–H and O–H groups in total. The predicted octanol–water partition coefficient (Wildman–Crippen LogP) is 7.63. The number of nitriles is 1. The summed E-state index contributed by atoms with van der Waals surface area (Å²) < 4.78 is 0. The molecule has 0 bridgehead atoms. The van der Waals surface area contributed by atoms with Gasteiger partial charge in [0.25, 0.3) is 0 Å². The Morgan fingerprint density at radius 2 is 0.789 bits per heavy atom. The monoisotopic (exact) mass is 617 g/mol. The molecule has 6 rings (SSSR count). The first-order chi connectivity index (χ1) is 18.3. The SMILES string of the molecule is C1CCC(C2CCN(C(N3CCC(C4CCCCC4)[N-]3)N3CCC(C4CCCCC4)[N-]3)[N-]2)CC1.CC#N.[Ag+]. The molecule has 3 aliphatic carbocycles. The maximum Gasteiger partial charge on any atom is 1.00 e. The molecule has 3 saturated carbocycles. The van der Waals surface area contributed by atoms with Gasteiger partial charge in [0.05, 0.1) is 12.4 Å². The zero-order chi connectivity index (χ0) is 25.5. The normalized spacial score (nSPS) is 33.8. The van der Waals surface area contributed by atoms with Crippen molar-refractivity contribution in [3.63, 3.8) is 0 Å². The van der Waals surface area contributed by atoms with E-state index in [0.717, 1.165) is 37.4 Å². The quantitative estimate of drug-likeness (QED) is 0.287. The van der Waals surface area contributed by atoms with Crippen molar-refractivity contribution in [2.75, 3.05) is 19.6 Å². The van der Waals surface area contributed by atoms with Crippen molar-refractivity contribution in [1.29, 1.82) is 5.26 Å². The molecule has 6 fully saturated rings. The van der Waals surface area contributed by atoms with E-state index in [1.54, 1.807) is 6.07 Å². The zero-order valence-electron chi connectivity index (χ0n) is 23.8. The third-order valence-electron chi connectivity index (χ3n) is 10.2. The molecule has 3 aliphatic heterocycles. The van der Waals surface area contributed by atoms with Crippen LogP contribution in [0.4, 0.5) is 0 Å². The van der Waals surface area contributed by atoms with Gasteiger partial charge in [-0.3, -0.25) is 0 Å². The smallest absolute Gasteiger partial charge is 0.589 e. The molecule has 3 atom stereocenters. The van der Waals surface area contributed by atoms with Crippen LogP contribution >= 0.6 is 0 Å². The van der Waals surface area contributed by atoms with E-state index in [1.165, 1.54) is 122 Å². The van der Waals surface area contributed by atoms with E-state index in [4.69, 9.17) is 21.5 Å². The Labute approximate surface area is 248 Å². The second-order valence-corrected chi connectivity index (χ2v) is 12.7. The molecular weight excluding hydrogens is 566 g/mol. The van der Waals surface area contributed by atoms with Crippen LogP contribution in [-0.2, 0) is 22.4 Å². The summed E-state index contributed by atoms with van der Waals surface area (Å²) in [5, 5.41) is 14.6. The average molecular weight is 619 g/mol. The molecule has 0 aromatic heterocycles. The minimum atomic E-state index is 0. The van der Waals surface area contributed by atoms with Gasteiger partial charge in [-0.1, -0.05) is 133 Å². The number of rotatable bonds is 6. The van der Waals surface area contributed by atoms with Crippen LogP contribution in [0.1, 0.15) is 122 Å². The Morgan fingerprint density at radius 1 is 0.526 bits per heavy atom. The van der Waals surface area contributed by atoms with Gasteiger partial charge in [-0.05, 0) is 19.6 Å². The van der Waals surface area contributed by atoms with Crippen LogP contribution in [0.25, 0.3) is 16.3 Å². The Bertz CT molecular complexity index is 628. The topological polar surface area (TPSA) is 75.8 Å². The maximum absolute atomic E-state index is 7.32. The number of nitrogens with zero attached hydrogens (tertiary/aromatic N) is 7. The Hall–Kier alpha value is -0.00974. The molecule has 3 unspecified atom stereocenters. The van der Waals surface area contributed by atoms with Gasteiger partial charge in [-0.25, -0.2) is 0 Å².